The third-order valence-corrected chi connectivity index (χ3v) is 5.99. The lowest BCUT2D eigenvalue weighted by Crippen LogP contribution is -2.13. The number of ether oxygens (including phenoxy) is 3. The maximum Gasteiger partial charge on any atom is 0.279 e. The smallest absolute Gasteiger partial charge is 0.279 e. The van der Waals surface area contributed by atoms with Crippen molar-refractivity contribution in [2.24, 2.45) is 12.0 Å². The molecule has 1 amide bonds. The van der Waals surface area contributed by atoms with Gasteiger partial charge in [-0.3, -0.25) is 4.79 Å². The van der Waals surface area contributed by atoms with Crippen LogP contribution in [0.5, 0.6) is 17.2 Å². The van der Waals surface area contributed by atoms with Crippen LogP contribution in [-0.2, 0) is 7.05 Å². The number of carbonyl (C=O) groups is 1. The molecule has 0 atom stereocenters. The van der Waals surface area contributed by atoms with E-state index in [9.17, 15) is 4.79 Å². The van der Waals surface area contributed by atoms with Gasteiger partial charge in [-0.15, -0.1) is 0 Å². The van der Waals surface area contributed by atoms with Crippen LogP contribution in [-0.4, -0.2) is 31.8 Å². The second kappa shape index (κ2) is 7.60. The van der Waals surface area contributed by atoms with Crippen molar-refractivity contribution in [1.29, 1.82) is 0 Å². The molecule has 0 spiro atoms. The number of nitrogens with zero attached hydrogens (tertiary/aromatic N) is 2. The molecule has 4 aromatic rings. The summed E-state index contributed by atoms with van der Waals surface area (Å²) >= 11 is 1.49. The van der Waals surface area contributed by atoms with Crippen molar-refractivity contribution in [3.8, 4) is 17.2 Å². The number of methoxy groups -OCH3 is 3. The average Bonchev–Trinajstić information content (AvgIpc) is 3.08. The van der Waals surface area contributed by atoms with E-state index >= 15 is 0 Å². The zero-order valence-electron chi connectivity index (χ0n) is 16.6. The van der Waals surface area contributed by atoms with Crippen LogP contribution in [0.25, 0.3) is 21.0 Å². The summed E-state index contributed by atoms with van der Waals surface area (Å²) in [5, 5.41) is 2.30. The van der Waals surface area contributed by atoms with Crippen molar-refractivity contribution in [2.75, 3.05) is 21.3 Å². The van der Waals surface area contributed by atoms with Crippen molar-refractivity contribution in [3.63, 3.8) is 0 Å². The molecule has 148 valence electrons. The minimum absolute atomic E-state index is 0.363. The Balaban J connectivity index is 1.86. The Morgan fingerprint density at radius 1 is 0.966 bits per heavy atom. The SMILES string of the molecule is COc1cc(C(=O)N=c2sc3c4ccccc4ccc3n2C)cc(OC)c1OC. The predicted molar refractivity (Wildman–Crippen MR) is 114 cm³/mol. The average molecular weight is 408 g/mol. The number of rotatable bonds is 4. The summed E-state index contributed by atoms with van der Waals surface area (Å²) in [6, 6.07) is 15.5. The zero-order chi connectivity index (χ0) is 20.5. The fraction of sp³-hybridized carbons (Fsp3) is 0.182. The number of benzene rings is 3. The molecular formula is C22H20N2O4S. The zero-order valence-corrected chi connectivity index (χ0v) is 17.4. The summed E-state index contributed by atoms with van der Waals surface area (Å²) < 4.78 is 19.0. The normalized spacial score (nSPS) is 11.8. The molecule has 0 aliphatic heterocycles. The Kier molecular flexibility index (Phi) is 4.98. The first kappa shape index (κ1) is 19.0. The molecule has 0 radical (unpaired) electrons. The van der Waals surface area contributed by atoms with E-state index in [2.05, 4.69) is 29.3 Å². The molecule has 0 aliphatic rings. The minimum Gasteiger partial charge on any atom is -0.493 e. The highest BCUT2D eigenvalue weighted by Crippen LogP contribution is 2.38. The fourth-order valence-electron chi connectivity index (χ4n) is 3.32. The topological polar surface area (TPSA) is 62.0 Å². The Bertz CT molecular complexity index is 1280. The summed E-state index contributed by atoms with van der Waals surface area (Å²) in [7, 11) is 6.46. The highest BCUT2D eigenvalue weighted by Gasteiger charge is 2.17. The van der Waals surface area contributed by atoms with E-state index in [4.69, 9.17) is 14.2 Å². The maximum absolute atomic E-state index is 12.9. The van der Waals surface area contributed by atoms with Crippen molar-refractivity contribution in [2.45, 2.75) is 0 Å². The van der Waals surface area contributed by atoms with E-state index in [0.717, 1.165) is 21.0 Å². The molecule has 1 heterocycles. The van der Waals surface area contributed by atoms with E-state index < -0.39 is 0 Å². The molecule has 0 N–H and O–H groups in total. The first-order valence-corrected chi connectivity index (χ1v) is 9.75. The minimum atomic E-state index is -0.379. The van der Waals surface area contributed by atoms with Crippen molar-refractivity contribution >= 4 is 38.2 Å². The molecule has 29 heavy (non-hydrogen) atoms. The Morgan fingerprint density at radius 3 is 2.31 bits per heavy atom. The molecule has 1 aromatic heterocycles. The Hall–Kier alpha value is -3.32. The molecule has 0 bridgehead atoms. The van der Waals surface area contributed by atoms with Crippen LogP contribution in [0.15, 0.2) is 53.5 Å². The largest absolute Gasteiger partial charge is 0.493 e. The number of amides is 1. The molecule has 0 fully saturated rings. The van der Waals surface area contributed by atoms with Gasteiger partial charge in [0.25, 0.3) is 5.91 Å². The first-order valence-electron chi connectivity index (χ1n) is 8.93. The molecule has 7 heteroatoms. The van der Waals surface area contributed by atoms with E-state index in [0.29, 0.717) is 27.6 Å². The molecule has 6 nitrogen and oxygen atoms in total. The summed E-state index contributed by atoms with van der Waals surface area (Å²) in [5.74, 6) is 0.885. The van der Waals surface area contributed by atoms with Gasteiger partial charge in [0.15, 0.2) is 16.3 Å². The van der Waals surface area contributed by atoms with E-state index in [1.807, 2.05) is 23.7 Å². The molecule has 3 aromatic carbocycles. The lowest BCUT2D eigenvalue weighted by molar-refractivity contribution is 0.0997. The number of aromatic nitrogens is 1. The molecule has 0 aliphatic carbocycles. The predicted octanol–water partition coefficient (Wildman–Crippen LogP) is 4.16. The number of fused-ring (bicyclic) bond motifs is 3. The van der Waals surface area contributed by atoms with Crippen molar-refractivity contribution < 1.29 is 19.0 Å². The van der Waals surface area contributed by atoms with Gasteiger partial charge in [0, 0.05) is 18.0 Å². The summed E-state index contributed by atoms with van der Waals surface area (Å²) in [6.07, 6.45) is 0. The van der Waals surface area contributed by atoms with Gasteiger partial charge in [-0.25, -0.2) is 0 Å². The molecule has 0 saturated heterocycles. The number of hydrogen-bond acceptors (Lipinski definition) is 5. The highest BCUT2D eigenvalue weighted by molar-refractivity contribution is 7.17. The quantitative estimate of drug-likeness (QED) is 0.509. The van der Waals surface area contributed by atoms with Gasteiger partial charge in [-0.1, -0.05) is 41.7 Å². The standard InChI is InChI=1S/C22H20N2O4S/c1-24-16-10-9-13-7-5-6-8-15(13)20(16)29-22(24)23-21(25)14-11-17(26-2)19(28-4)18(12-14)27-3/h5-12H,1-4H3. The van der Waals surface area contributed by atoms with Gasteiger partial charge in [0.1, 0.15) is 0 Å². The summed E-state index contributed by atoms with van der Waals surface area (Å²) in [6.45, 7) is 0. The Morgan fingerprint density at radius 2 is 1.66 bits per heavy atom. The van der Waals surface area contributed by atoms with E-state index in [-0.39, 0.29) is 5.91 Å². The number of carbonyl (C=O) groups excluding carboxylic acids is 1. The van der Waals surface area contributed by atoms with Gasteiger partial charge >= 0.3 is 0 Å². The van der Waals surface area contributed by atoms with Crippen LogP contribution in [0.4, 0.5) is 0 Å². The summed E-state index contributed by atoms with van der Waals surface area (Å²) in [5.41, 5.74) is 1.40. The van der Waals surface area contributed by atoms with E-state index in [1.165, 1.54) is 32.7 Å². The van der Waals surface area contributed by atoms with Crippen LogP contribution in [0.3, 0.4) is 0 Å². The van der Waals surface area contributed by atoms with E-state index in [1.54, 1.807) is 12.1 Å². The lowest BCUT2D eigenvalue weighted by atomic mass is 10.1. The first-order chi connectivity index (χ1) is 14.1. The third kappa shape index (κ3) is 3.23. The fourth-order valence-corrected chi connectivity index (χ4v) is 4.47. The van der Waals surface area contributed by atoms with Gasteiger partial charge in [0.05, 0.1) is 31.5 Å². The molecule has 4 rings (SSSR count). The van der Waals surface area contributed by atoms with Gasteiger partial charge in [-0.2, -0.15) is 4.99 Å². The highest BCUT2D eigenvalue weighted by atomic mass is 32.1. The van der Waals surface area contributed by atoms with Gasteiger partial charge < -0.3 is 18.8 Å². The number of hydrogen-bond donors (Lipinski definition) is 0. The molecule has 0 unspecified atom stereocenters. The van der Waals surface area contributed by atoms with Gasteiger partial charge in [-0.05, 0) is 23.6 Å². The van der Waals surface area contributed by atoms with Crippen molar-refractivity contribution in [1.82, 2.24) is 4.57 Å². The van der Waals surface area contributed by atoms with Gasteiger partial charge in [0.2, 0.25) is 5.75 Å². The second-order valence-corrected chi connectivity index (χ2v) is 7.39. The molecule has 0 saturated carbocycles. The summed E-state index contributed by atoms with van der Waals surface area (Å²) in [4.78, 5) is 17.9. The lowest BCUT2D eigenvalue weighted by Gasteiger charge is -2.12. The van der Waals surface area contributed by atoms with Crippen LogP contribution < -0.4 is 19.0 Å². The van der Waals surface area contributed by atoms with Crippen LogP contribution in [0.2, 0.25) is 0 Å². The van der Waals surface area contributed by atoms with Crippen molar-refractivity contribution in [3.05, 3.63) is 58.9 Å². The number of thiazole rings is 1. The third-order valence-electron chi connectivity index (χ3n) is 4.81. The number of aryl methyl sites for hydroxylation is 1. The van der Waals surface area contributed by atoms with Crippen LogP contribution in [0, 0.1) is 0 Å². The monoisotopic (exact) mass is 408 g/mol. The van der Waals surface area contributed by atoms with Crippen LogP contribution >= 0.6 is 11.3 Å². The maximum atomic E-state index is 12.9. The Labute approximate surface area is 171 Å². The van der Waals surface area contributed by atoms with Crippen LogP contribution in [0.1, 0.15) is 10.4 Å². The second-order valence-electron chi connectivity index (χ2n) is 6.41. The molecular weight excluding hydrogens is 388 g/mol.